The zero-order chi connectivity index (χ0) is 11.9. The summed E-state index contributed by atoms with van der Waals surface area (Å²) in [5.74, 6) is -0.0747. The molecule has 0 aliphatic rings. The summed E-state index contributed by atoms with van der Waals surface area (Å²) < 4.78 is 10.0. The van der Waals surface area contributed by atoms with Gasteiger partial charge in [0.2, 0.25) is 5.91 Å². The van der Waals surface area contributed by atoms with Crippen LogP contribution in [0.3, 0.4) is 0 Å². The predicted molar refractivity (Wildman–Crippen MR) is 58.6 cm³/mol. The van der Waals surface area contributed by atoms with Gasteiger partial charge >= 0.3 is 0 Å². The molecule has 1 atom stereocenters. The van der Waals surface area contributed by atoms with Crippen molar-refractivity contribution < 1.29 is 14.3 Å². The molecule has 0 saturated carbocycles. The van der Waals surface area contributed by atoms with Crippen molar-refractivity contribution in [3.63, 3.8) is 0 Å². The summed E-state index contributed by atoms with van der Waals surface area (Å²) in [6.45, 7) is 4.62. The summed E-state index contributed by atoms with van der Waals surface area (Å²) in [5.41, 5.74) is 5.06. The molecular weight excluding hydrogens is 196 g/mol. The SMILES string of the molecule is COCC(C)(C)NC(=O)CC(CN)OC. The van der Waals surface area contributed by atoms with E-state index in [1.54, 1.807) is 14.2 Å². The maximum atomic E-state index is 11.6. The monoisotopic (exact) mass is 218 g/mol. The van der Waals surface area contributed by atoms with E-state index in [1.807, 2.05) is 13.8 Å². The number of nitrogens with one attached hydrogen (secondary N) is 1. The van der Waals surface area contributed by atoms with Crippen LogP contribution in [0.5, 0.6) is 0 Å². The first-order valence-electron chi connectivity index (χ1n) is 4.98. The van der Waals surface area contributed by atoms with Gasteiger partial charge in [-0.1, -0.05) is 0 Å². The fourth-order valence-electron chi connectivity index (χ4n) is 1.30. The molecule has 5 heteroatoms. The van der Waals surface area contributed by atoms with Gasteiger partial charge in [-0.25, -0.2) is 0 Å². The molecule has 0 aliphatic heterocycles. The second-order valence-electron chi connectivity index (χ2n) is 4.16. The van der Waals surface area contributed by atoms with Gasteiger partial charge < -0.3 is 20.5 Å². The Morgan fingerprint density at radius 2 is 2.07 bits per heavy atom. The van der Waals surface area contributed by atoms with Crippen LogP contribution in [0.2, 0.25) is 0 Å². The number of carbonyl (C=O) groups is 1. The third-order valence-corrected chi connectivity index (χ3v) is 1.99. The molecule has 0 heterocycles. The standard InChI is InChI=1S/C10H22N2O3/c1-10(2,7-14-3)12-9(13)5-8(6-11)15-4/h8H,5-7,11H2,1-4H3,(H,12,13). The van der Waals surface area contributed by atoms with E-state index < -0.39 is 0 Å². The zero-order valence-corrected chi connectivity index (χ0v) is 10.0. The molecule has 3 N–H and O–H groups in total. The van der Waals surface area contributed by atoms with Crippen LogP contribution < -0.4 is 11.1 Å². The minimum atomic E-state index is -0.362. The maximum absolute atomic E-state index is 11.6. The molecule has 90 valence electrons. The number of ether oxygens (including phenoxy) is 2. The molecule has 0 fully saturated rings. The van der Waals surface area contributed by atoms with Crippen LogP contribution in [-0.2, 0) is 14.3 Å². The zero-order valence-electron chi connectivity index (χ0n) is 10.0. The van der Waals surface area contributed by atoms with Gasteiger partial charge in [-0.15, -0.1) is 0 Å². The van der Waals surface area contributed by atoms with E-state index in [-0.39, 0.29) is 24.0 Å². The van der Waals surface area contributed by atoms with Crippen molar-refractivity contribution in [1.82, 2.24) is 5.32 Å². The number of nitrogens with two attached hydrogens (primary N) is 1. The van der Waals surface area contributed by atoms with E-state index in [4.69, 9.17) is 15.2 Å². The van der Waals surface area contributed by atoms with Crippen LogP contribution in [-0.4, -0.2) is 44.9 Å². The third kappa shape index (κ3) is 6.43. The largest absolute Gasteiger partial charge is 0.382 e. The molecule has 5 nitrogen and oxygen atoms in total. The molecule has 0 saturated heterocycles. The molecule has 0 aliphatic carbocycles. The molecule has 0 aromatic heterocycles. The van der Waals surface area contributed by atoms with E-state index in [0.29, 0.717) is 13.2 Å². The molecular formula is C10H22N2O3. The van der Waals surface area contributed by atoms with Crippen molar-refractivity contribution in [2.24, 2.45) is 5.73 Å². The molecule has 15 heavy (non-hydrogen) atoms. The van der Waals surface area contributed by atoms with Gasteiger partial charge in [0, 0.05) is 20.8 Å². The summed E-state index contributed by atoms with van der Waals surface area (Å²) in [7, 11) is 3.15. The van der Waals surface area contributed by atoms with Gasteiger partial charge in [0.25, 0.3) is 0 Å². The van der Waals surface area contributed by atoms with Gasteiger partial charge in [-0.3, -0.25) is 4.79 Å². The van der Waals surface area contributed by atoms with E-state index in [9.17, 15) is 4.79 Å². The minimum absolute atomic E-state index is 0.0747. The van der Waals surface area contributed by atoms with Crippen molar-refractivity contribution in [2.45, 2.75) is 31.9 Å². The molecule has 0 bridgehead atoms. The molecule has 0 aromatic rings. The predicted octanol–water partition coefficient (Wildman–Crippen LogP) is -0.109. The summed E-state index contributed by atoms with van der Waals surface area (Å²) in [4.78, 5) is 11.6. The number of amides is 1. The smallest absolute Gasteiger partial charge is 0.223 e. The summed E-state index contributed by atoms with van der Waals surface area (Å²) in [6, 6.07) is 0. The normalized spacial score (nSPS) is 13.7. The number of methoxy groups -OCH3 is 2. The first kappa shape index (κ1) is 14.3. The fourth-order valence-corrected chi connectivity index (χ4v) is 1.30. The average Bonchev–Trinajstić information content (AvgIpc) is 2.13. The lowest BCUT2D eigenvalue weighted by Gasteiger charge is -2.26. The Labute approximate surface area is 91.3 Å². The summed E-state index contributed by atoms with van der Waals surface area (Å²) >= 11 is 0. The molecule has 0 radical (unpaired) electrons. The Bertz CT molecular complexity index is 191. The number of carbonyl (C=O) groups excluding carboxylic acids is 1. The summed E-state index contributed by atoms with van der Waals surface area (Å²) in [6.07, 6.45) is 0.0588. The van der Waals surface area contributed by atoms with E-state index >= 15 is 0 Å². The average molecular weight is 218 g/mol. The van der Waals surface area contributed by atoms with Crippen molar-refractivity contribution >= 4 is 5.91 Å². The second-order valence-corrected chi connectivity index (χ2v) is 4.16. The van der Waals surface area contributed by atoms with Crippen LogP contribution in [0.1, 0.15) is 20.3 Å². The van der Waals surface area contributed by atoms with Crippen LogP contribution >= 0.6 is 0 Å². The Morgan fingerprint density at radius 1 is 1.47 bits per heavy atom. The third-order valence-electron chi connectivity index (χ3n) is 1.99. The van der Waals surface area contributed by atoms with Gasteiger partial charge in [-0.05, 0) is 13.8 Å². The van der Waals surface area contributed by atoms with E-state index in [0.717, 1.165) is 0 Å². The highest BCUT2D eigenvalue weighted by atomic mass is 16.5. The van der Waals surface area contributed by atoms with E-state index in [1.165, 1.54) is 0 Å². The lowest BCUT2D eigenvalue weighted by Crippen LogP contribution is -2.48. The van der Waals surface area contributed by atoms with Crippen molar-refractivity contribution in [1.29, 1.82) is 0 Å². The van der Waals surface area contributed by atoms with Crippen LogP contribution in [0.15, 0.2) is 0 Å². The van der Waals surface area contributed by atoms with Gasteiger partial charge in [0.05, 0.1) is 24.7 Å². The van der Waals surface area contributed by atoms with Crippen molar-refractivity contribution in [3.05, 3.63) is 0 Å². The quantitative estimate of drug-likeness (QED) is 0.625. The topological polar surface area (TPSA) is 73.6 Å². The van der Waals surface area contributed by atoms with Gasteiger partial charge in [0.1, 0.15) is 0 Å². The minimum Gasteiger partial charge on any atom is -0.382 e. The lowest BCUT2D eigenvalue weighted by atomic mass is 10.1. The van der Waals surface area contributed by atoms with Crippen molar-refractivity contribution in [2.75, 3.05) is 27.4 Å². The van der Waals surface area contributed by atoms with Gasteiger partial charge in [0.15, 0.2) is 0 Å². The van der Waals surface area contributed by atoms with Crippen LogP contribution in [0.25, 0.3) is 0 Å². The highest BCUT2D eigenvalue weighted by molar-refractivity contribution is 5.77. The van der Waals surface area contributed by atoms with Gasteiger partial charge in [-0.2, -0.15) is 0 Å². The molecule has 1 unspecified atom stereocenters. The number of hydrogen-bond acceptors (Lipinski definition) is 4. The molecule has 1 amide bonds. The first-order valence-corrected chi connectivity index (χ1v) is 4.98. The van der Waals surface area contributed by atoms with Crippen LogP contribution in [0.4, 0.5) is 0 Å². The van der Waals surface area contributed by atoms with E-state index in [2.05, 4.69) is 5.32 Å². The maximum Gasteiger partial charge on any atom is 0.223 e. The Balaban J connectivity index is 4.01. The molecule has 0 rings (SSSR count). The highest BCUT2D eigenvalue weighted by Gasteiger charge is 2.21. The fraction of sp³-hybridized carbons (Fsp3) is 0.900. The number of hydrogen-bond donors (Lipinski definition) is 2. The lowest BCUT2D eigenvalue weighted by molar-refractivity contribution is -0.125. The Morgan fingerprint density at radius 3 is 2.47 bits per heavy atom. The van der Waals surface area contributed by atoms with Crippen molar-refractivity contribution in [3.8, 4) is 0 Å². The first-order chi connectivity index (χ1) is 6.95. The molecule has 0 aromatic carbocycles. The number of rotatable bonds is 7. The van der Waals surface area contributed by atoms with Crippen LogP contribution in [0, 0.1) is 0 Å². The second kappa shape index (κ2) is 6.76. The Hall–Kier alpha value is -0.650. The summed E-state index contributed by atoms with van der Waals surface area (Å²) in [5, 5.41) is 2.86. The highest BCUT2D eigenvalue weighted by Crippen LogP contribution is 2.04. The molecule has 0 spiro atoms. The Kier molecular flexibility index (Phi) is 6.47.